The molecule has 0 aliphatic heterocycles. The number of hydrogen-bond acceptors (Lipinski definition) is 5. The second kappa shape index (κ2) is 6.18. The van der Waals surface area contributed by atoms with Gasteiger partial charge in [0.2, 0.25) is 5.76 Å². The molecular weight excluding hydrogens is 264 g/mol. The first-order valence-electron chi connectivity index (χ1n) is 5.57. The minimum absolute atomic E-state index is 0.160. The molecule has 2 rings (SSSR count). The van der Waals surface area contributed by atoms with E-state index >= 15 is 0 Å². The summed E-state index contributed by atoms with van der Waals surface area (Å²) in [5, 5.41) is 16.8. The number of aryl methyl sites for hydroxylation is 1. The Morgan fingerprint density at radius 3 is 3.16 bits per heavy atom. The van der Waals surface area contributed by atoms with Crippen molar-refractivity contribution in [2.75, 3.05) is 6.61 Å². The van der Waals surface area contributed by atoms with Crippen LogP contribution in [0.4, 0.5) is 0 Å². The van der Waals surface area contributed by atoms with Gasteiger partial charge >= 0.3 is 0 Å². The number of nitrogens with zero attached hydrogens (tertiary/aromatic N) is 1. The van der Waals surface area contributed by atoms with E-state index in [1.54, 1.807) is 6.92 Å². The van der Waals surface area contributed by atoms with E-state index < -0.39 is 0 Å². The molecule has 0 aliphatic carbocycles. The molecule has 5 nitrogen and oxygen atoms in total. The Bertz CT molecular complexity index is 634. The van der Waals surface area contributed by atoms with Crippen molar-refractivity contribution in [1.82, 2.24) is 10.5 Å². The largest absolute Gasteiger partial charge is 0.384 e. The lowest BCUT2D eigenvalue weighted by Gasteiger charge is -2.00. The Labute approximate surface area is 114 Å². The third-order valence-corrected chi connectivity index (χ3v) is 3.28. The monoisotopic (exact) mass is 276 g/mol. The van der Waals surface area contributed by atoms with Gasteiger partial charge in [0.05, 0.1) is 12.7 Å². The van der Waals surface area contributed by atoms with Crippen molar-refractivity contribution in [2.24, 2.45) is 0 Å². The van der Waals surface area contributed by atoms with E-state index in [2.05, 4.69) is 22.3 Å². The molecule has 2 N–H and O–H groups in total. The van der Waals surface area contributed by atoms with Crippen LogP contribution in [0.5, 0.6) is 0 Å². The maximum Gasteiger partial charge on any atom is 0.290 e. The Morgan fingerprint density at radius 1 is 1.63 bits per heavy atom. The molecule has 19 heavy (non-hydrogen) atoms. The molecule has 2 heterocycles. The molecule has 1 amide bonds. The van der Waals surface area contributed by atoms with Gasteiger partial charge < -0.3 is 14.9 Å². The molecule has 98 valence electrons. The van der Waals surface area contributed by atoms with Crippen molar-refractivity contribution in [2.45, 2.75) is 13.5 Å². The lowest BCUT2D eigenvalue weighted by Crippen LogP contribution is -2.22. The molecule has 2 aromatic heterocycles. The van der Waals surface area contributed by atoms with Gasteiger partial charge in [-0.05, 0) is 13.0 Å². The Kier molecular flexibility index (Phi) is 4.34. The van der Waals surface area contributed by atoms with Crippen LogP contribution in [-0.4, -0.2) is 22.8 Å². The van der Waals surface area contributed by atoms with E-state index in [0.29, 0.717) is 12.1 Å². The quantitative estimate of drug-likeness (QED) is 0.829. The topological polar surface area (TPSA) is 75.4 Å². The van der Waals surface area contributed by atoms with Crippen molar-refractivity contribution < 1.29 is 14.4 Å². The number of aromatic nitrogens is 1. The number of aliphatic hydroxyl groups is 1. The van der Waals surface area contributed by atoms with Crippen LogP contribution < -0.4 is 5.32 Å². The molecule has 0 saturated heterocycles. The summed E-state index contributed by atoms with van der Waals surface area (Å²) in [6, 6.07) is 1.88. The van der Waals surface area contributed by atoms with E-state index in [1.807, 2.05) is 11.4 Å². The molecule has 0 bridgehead atoms. The van der Waals surface area contributed by atoms with Crippen LogP contribution in [-0.2, 0) is 6.54 Å². The summed E-state index contributed by atoms with van der Waals surface area (Å²) in [5.74, 6) is 5.33. The van der Waals surface area contributed by atoms with E-state index in [1.165, 1.54) is 17.5 Å². The van der Waals surface area contributed by atoms with Crippen LogP contribution >= 0.6 is 11.3 Å². The molecule has 0 unspecified atom stereocenters. The SMILES string of the molecule is Cc1cnoc1C(=O)NCc1cc(C#CCO)cs1. The minimum Gasteiger partial charge on any atom is -0.384 e. The number of aliphatic hydroxyl groups excluding tert-OH is 1. The number of rotatable bonds is 3. The molecule has 0 fully saturated rings. The highest BCUT2D eigenvalue weighted by Crippen LogP contribution is 2.14. The van der Waals surface area contributed by atoms with Gasteiger partial charge in [0.15, 0.2) is 0 Å². The van der Waals surface area contributed by atoms with E-state index in [9.17, 15) is 4.79 Å². The summed E-state index contributed by atoms with van der Waals surface area (Å²) in [5.41, 5.74) is 1.54. The van der Waals surface area contributed by atoms with Crippen molar-refractivity contribution in [1.29, 1.82) is 0 Å². The molecule has 2 aromatic rings. The highest BCUT2D eigenvalue weighted by atomic mass is 32.1. The molecule has 0 aliphatic rings. The highest BCUT2D eigenvalue weighted by molar-refractivity contribution is 7.10. The summed E-state index contributed by atoms with van der Waals surface area (Å²) in [7, 11) is 0. The fourth-order valence-corrected chi connectivity index (χ4v) is 2.19. The summed E-state index contributed by atoms with van der Waals surface area (Å²) in [6.45, 7) is 2.01. The van der Waals surface area contributed by atoms with Crippen molar-refractivity contribution in [3.63, 3.8) is 0 Å². The van der Waals surface area contributed by atoms with Gasteiger partial charge in [-0.15, -0.1) is 11.3 Å². The maximum atomic E-state index is 11.8. The lowest BCUT2D eigenvalue weighted by atomic mass is 10.3. The Morgan fingerprint density at radius 2 is 2.47 bits per heavy atom. The van der Waals surface area contributed by atoms with Crippen LogP contribution in [0.1, 0.15) is 26.6 Å². The number of carbonyl (C=O) groups is 1. The van der Waals surface area contributed by atoms with Crippen LogP contribution in [0, 0.1) is 18.8 Å². The maximum absolute atomic E-state index is 11.8. The average Bonchev–Trinajstić information content (AvgIpc) is 3.02. The summed E-state index contributed by atoms with van der Waals surface area (Å²) in [4.78, 5) is 12.8. The first-order valence-corrected chi connectivity index (χ1v) is 6.45. The number of hydrogen-bond donors (Lipinski definition) is 2. The van der Waals surface area contributed by atoms with Crippen molar-refractivity contribution >= 4 is 17.2 Å². The number of nitrogens with one attached hydrogen (secondary N) is 1. The molecule has 0 aromatic carbocycles. The van der Waals surface area contributed by atoms with Crippen LogP contribution in [0.25, 0.3) is 0 Å². The van der Waals surface area contributed by atoms with Gasteiger partial charge in [0, 0.05) is 21.4 Å². The minimum atomic E-state index is -0.286. The second-order valence-corrected chi connectivity index (χ2v) is 4.78. The predicted octanol–water partition coefficient (Wildman–Crippen LogP) is 1.32. The fourth-order valence-electron chi connectivity index (χ4n) is 1.44. The molecule has 0 atom stereocenters. The molecule has 0 saturated carbocycles. The van der Waals surface area contributed by atoms with Crippen molar-refractivity contribution in [3.8, 4) is 11.8 Å². The van der Waals surface area contributed by atoms with E-state index in [4.69, 9.17) is 9.63 Å². The smallest absolute Gasteiger partial charge is 0.290 e. The van der Waals surface area contributed by atoms with E-state index in [-0.39, 0.29) is 18.3 Å². The zero-order chi connectivity index (χ0) is 13.7. The molecule has 0 spiro atoms. The predicted molar refractivity (Wildman–Crippen MR) is 70.7 cm³/mol. The highest BCUT2D eigenvalue weighted by Gasteiger charge is 2.13. The summed E-state index contributed by atoms with van der Waals surface area (Å²) in [6.07, 6.45) is 1.50. The van der Waals surface area contributed by atoms with Gasteiger partial charge in [-0.3, -0.25) is 4.79 Å². The van der Waals surface area contributed by atoms with Crippen molar-refractivity contribution in [3.05, 3.63) is 39.4 Å². The van der Waals surface area contributed by atoms with Crippen LogP contribution in [0.2, 0.25) is 0 Å². The first kappa shape index (κ1) is 13.3. The summed E-state index contributed by atoms with van der Waals surface area (Å²) >= 11 is 1.50. The van der Waals surface area contributed by atoms with Crippen LogP contribution in [0.15, 0.2) is 22.2 Å². The zero-order valence-corrected chi connectivity index (χ0v) is 11.1. The molecule has 6 heteroatoms. The van der Waals surface area contributed by atoms with Crippen LogP contribution in [0.3, 0.4) is 0 Å². The Balaban J connectivity index is 1.94. The standard InChI is InChI=1S/C13H12N2O3S/c1-9-6-15-18-12(9)13(17)14-7-11-5-10(8-19-11)3-2-4-16/h5-6,8,16H,4,7H2,1H3,(H,14,17). The zero-order valence-electron chi connectivity index (χ0n) is 10.3. The van der Waals surface area contributed by atoms with Gasteiger partial charge in [0.1, 0.15) is 6.61 Å². The van der Waals surface area contributed by atoms with Gasteiger partial charge in [-0.2, -0.15) is 0 Å². The molecular formula is C13H12N2O3S. The van der Waals surface area contributed by atoms with Gasteiger partial charge in [-0.1, -0.05) is 17.0 Å². The molecule has 0 radical (unpaired) electrons. The number of amides is 1. The van der Waals surface area contributed by atoms with Gasteiger partial charge in [-0.25, -0.2) is 0 Å². The normalized spacial score (nSPS) is 9.79. The van der Waals surface area contributed by atoms with Gasteiger partial charge in [0.25, 0.3) is 5.91 Å². The third kappa shape index (κ3) is 3.44. The number of thiophene rings is 1. The average molecular weight is 276 g/mol. The number of carbonyl (C=O) groups excluding carboxylic acids is 1. The van der Waals surface area contributed by atoms with E-state index in [0.717, 1.165) is 10.4 Å². The Hall–Kier alpha value is -2.10. The second-order valence-electron chi connectivity index (χ2n) is 3.78. The first-order chi connectivity index (χ1) is 9.20. The third-order valence-electron chi connectivity index (χ3n) is 2.34. The fraction of sp³-hybridized carbons (Fsp3) is 0.231. The lowest BCUT2D eigenvalue weighted by molar-refractivity contribution is 0.0913. The summed E-state index contributed by atoms with van der Waals surface area (Å²) < 4.78 is 4.86.